The minimum atomic E-state index is -0.708. The number of esters is 1. The molecule has 1 amide bonds. The van der Waals surface area contributed by atoms with Gasteiger partial charge in [-0.1, -0.05) is 0 Å². The molecule has 3 rings (SSSR count). The van der Waals surface area contributed by atoms with Crippen molar-refractivity contribution in [1.29, 1.82) is 0 Å². The maximum absolute atomic E-state index is 12.3. The number of carbonyl (C=O) groups is 2. The molecule has 9 nitrogen and oxygen atoms in total. The fraction of sp³-hybridized carbons (Fsp3) is 0.263. The average Bonchev–Trinajstić information content (AvgIpc) is 3.18. The molecule has 0 saturated heterocycles. The van der Waals surface area contributed by atoms with Gasteiger partial charge in [0.15, 0.2) is 29.6 Å². The maximum atomic E-state index is 12.3. The number of methoxy groups -OCH3 is 3. The third kappa shape index (κ3) is 4.03. The summed E-state index contributed by atoms with van der Waals surface area (Å²) in [4.78, 5) is 24.4. The van der Waals surface area contributed by atoms with E-state index >= 15 is 0 Å². The van der Waals surface area contributed by atoms with Gasteiger partial charge in [0.05, 0.1) is 26.9 Å². The number of ether oxygens (including phenoxy) is 6. The fourth-order valence-electron chi connectivity index (χ4n) is 2.58. The molecule has 0 aliphatic carbocycles. The lowest BCUT2D eigenvalue weighted by Crippen LogP contribution is -2.21. The van der Waals surface area contributed by atoms with Crippen LogP contribution in [0.4, 0.5) is 5.69 Å². The molecule has 0 spiro atoms. The van der Waals surface area contributed by atoms with E-state index < -0.39 is 18.5 Å². The van der Waals surface area contributed by atoms with E-state index in [1.165, 1.54) is 33.5 Å². The van der Waals surface area contributed by atoms with Gasteiger partial charge >= 0.3 is 5.97 Å². The van der Waals surface area contributed by atoms with Crippen LogP contribution in [-0.2, 0) is 9.53 Å². The summed E-state index contributed by atoms with van der Waals surface area (Å²) in [6, 6.07) is 7.85. The van der Waals surface area contributed by atoms with Crippen molar-refractivity contribution < 1.29 is 38.0 Å². The van der Waals surface area contributed by atoms with Crippen LogP contribution in [0.5, 0.6) is 28.7 Å². The molecule has 0 unspecified atom stereocenters. The zero-order valence-electron chi connectivity index (χ0n) is 15.6. The molecule has 0 radical (unpaired) electrons. The van der Waals surface area contributed by atoms with E-state index in [-0.39, 0.29) is 12.4 Å². The van der Waals surface area contributed by atoms with Gasteiger partial charge in [-0.3, -0.25) is 4.79 Å². The minimum absolute atomic E-state index is 0.138. The molecule has 1 heterocycles. The highest BCUT2D eigenvalue weighted by Gasteiger charge is 2.19. The number of carbonyl (C=O) groups excluding carboxylic acids is 2. The van der Waals surface area contributed by atoms with Gasteiger partial charge in [0.1, 0.15) is 0 Å². The smallest absolute Gasteiger partial charge is 0.338 e. The van der Waals surface area contributed by atoms with Gasteiger partial charge in [-0.25, -0.2) is 4.79 Å². The van der Waals surface area contributed by atoms with Crippen LogP contribution in [0.1, 0.15) is 10.4 Å². The molecule has 1 aliphatic heterocycles. The van der Waals surface area contributed by atoms with E-state index in [9.17, 15) is 9.59 Å². The van der Waals surface area contributed by atoms with E-state index in [1.54, 1.807) is 18.2 Å². The van der Waals surface area contributed by atoms with Crippen molar-refractivity contribution in [3.05, 3.63) is 35.9 Å². The number of nitrogens with one attached hydrogen (secondary N) is 1. The Labute approximate surface area is 161 Å². The van der Waals surface area contributed by atoms with Gasteiger partial charge in [0.2, 0.25) is 12.5 Å². The van der Waals surface area contributed by atoms with Gasteiger partial charge in [0.25, 0.3) is 5.91 Å². The zero-order valence-corrected chi connectivity index (χ0v) is 15.6. The number of hydrogen-bond acceptors (Lipinski definition) is 8. The third-order valence-corrected chi connectivity index (χ3v) is 3.89. The largest absolute Gasteiger partial charge is 0.493 e. The average molecular weight is 389 g/mol. The molecule has 1 aliphatic rings. The predicted molar refractivity (Wildman–Crippen MR) is 97.6 cm³/mol. The predicted octanol–water partition coefficient (Wildman–Crippen LogP) is 2.24. The molecule has 0 atom stereocenters. The van der Waals surface area contributed by atoms with Crippen molar-refractivity contribution in [3.63, 3.8) is 0 Å². The molecule has 0 fully saturated rings. The first-order valence-electron chi connectivity index (χ1n) is 8.22. The highest BCUT2D eigenvalue weighted by atomic mass is 16.7. The SMILES string of the molecule is COc1cc(C(=O)OCC(=O)Nc2ccc3c(c2)OCO3)cc(OC)c1OC. The van der Waals surface area contributed by atoms with Gasteiger partial charge in [-0.2, -0.15) is 0 Å². The van der Waals surface area contributed by atoms with Crippen molar-refractivity contribution in [3.8, 4) is 28.7 Å². The molecule has 9 heteroatoms. The molecule has 0 saturated carbocycles. The quantitative estimate of drug-likeness (QED) is 0.720. The lowest BCUT2D eigenvalue weighted by Gasteiger charge is -2.13. The second-order valence-corrected chi connectivity index (χ2v) is 5.61. The van der Waals surface area contributed by atoms with Crippen LogP contribution in [0.2, 0.25) is 0 Å². The summed E-state index contributed by atoms with van der Waals surface area (Å²) in [5.41, 5.74) is 0.656. The van der Waals surface area contributed by atoms with Crippen LogP contribution < -0.4 is 29.0 Å². The van der Waals surface area contributed by atoms with Crippen LogP contribution in [0.25, 0.3) is 0 Å². The van der Waals surface area contributed by atoms with Crippen LogP contribution in [0, 0.1) is 0 Å². The Hall–Kier alpha value is -3.62. The molecule has 2 aromatic carbocycles. The van der Waals surface area contributed by atoms with Crippen molar-refractivity contribution in [2.45, 2.75) is 0 Å². The maximum Gasteiger partial charge on any atom is 0.338 e. The van der Waals surface area contributed by atoms with Crippen molar-refractivity contribution >= 4 is 17.6 Å². The van der Waals surface area contributed by atoms with Gasteiger partial charge < -0.3 is 33.7 Å². The Morgan fingerprint density at radius 1 is 0.964 bits per heavy atom. The van der Waals surface area contributed by atoms with Crippen LogP contribution in [-0.4, -0.2) is 46.6 Å². The molecule has 0 aromatic heterocycles. The first kappa shape index (κ1) is 19.2. The van der Waals surface area contributed by atoms with Crippen molar-refractivity contribution in [1.82, 2.24) is 0 Å². The monoisotopic (exact) mass is 389 g/mol. The number of rotatable bonds is 7. The van der Waals surface area contributed by atoms with Gasteiger partial charge in [-0.05, 0) is 24.3 Å². The Morgan fingerprint density at radius 3 is 2.29 bits per heavy atom. The Bertz CT molecular complexity index is 870. The Balaban J connectivity index is 1.62. The number of amides is 1. The molecular weight excluding hydrogens is 370 g/mol. The number of hydrogen-bond donors (Lipinski definition) is 1. The van der Waals surface area contributed by atoms with Crippen LogP contribution >= 0.6 is 0 Å². The number of anilines is 1. The van der Waals surface area contributed by atoms with Gasteiger partial charge in [-0.15, -0.1) is 0 Å². The van der Waals surface area contributed by atoms with E-state index in [0.29, 0.717) is 34.4 Å². The summed E-state index contributed by atoms with van der Waals surface area (Å²) in [6.07, 6.45) is 0. The summed E-state index contributed by atoms with van der Waals surface area (Å²) >= 11 is 0. The molecule has 1 N–H and O–H groups in total. The number of fused-ring (bicyclic) bond motifs is 1. The summed E-state index contributed by atoms with van der Waals surface area (Å²) < 4.78 is 31.1. The highest BCUT2D eigenvalue weighted by Crippen LogP contribution is 2.38. The minimum Gasteiger partial charge on any atom is -0.493 e. The van der Waals surface area contributed by atoms with Gasteiger partial charge in [0, 0.05) is 11.8 Å². The molecular formula is C19H19NO8. The normalized spacial score (nSPS) is 11.5. The van der Waals surface area contributed by atoms with E-state index in [4.69, 9.17) is 28.4 Å². The van der Waals surface area contributed by atoms with Crippen molar-refractivity contribution in [2.24, 2.45) is 0 Å². The lowest BCUT2D eigenvalue weighted by atomic mass is 10.2. The van der Waals surface area contributed by atoms with E-state index in [0.717, 1.165) is 0 Å². The Kier molecular flexibility index (Phi) is 5.73. The summed E-state index contributed by atoms with van der Waals surface area (Å²) in [5.74, 6) is 0.887. The number of benzene rings is 2. The first-order valence-corrected chi connectivity index (χ1v) is 8.22. The van der Waals surface area contributed by atoms with Crippen LogP contribution in [0.15, 0.2) is 30.3 Å². The first-order chi connectivity index (χ1) is 13.5. The van der Waals surface area contributed by atoms with E-state index in [1.807, 2.05) is 0 Å². The summed E-state index contributed by atoms with van der Waals surface area (Å²) in [5, 5.41) is 2.62. The summed E-state index contributed by atoms with van der Waals surface area (Å²) in [6.45, 7) is -0.330. The lowest BCUT2D eigenvalue weighted by molar-refractivity contribution is -0.119. The molecule has 148 valence electrons. The van der Waals surface area contributed by atoms with Crippen molar-refractivity contribution in [2.75, 3.05) is 40.0 Å². The second-order valence-electron chi connectivity index (χ2n) is 5.61. The topological polar surface area (TPSA) is 102 Å². The summed E-state index contributed by atoms with van der Waals surface area (Å²) in [7, 11) is 4.33. The molecule has 28 heavy (non-hydrogen) atoms. The van der Waals surface area contributed by atoms with E-state index in [2.05, 4.69) is 5.32 Å². The fourth-order valence-corrected chi connectivity index (χ4v) is 2.58. The standard InChI is InChI=1S/C19H19NO8/c1-23-15-6-11(7-16(24-2)18(15)25-3)19(22)26-9-17(21)20-12-4-5-13-14(8-12)28-10-27-13/h4-8H,9-10H2,1-3H3,(H,20,21). The zero-order chi connectivity index (χ0) is 20.1. The third-order valence-electron chi connectivity index (χ3n) is 3.89. The molecule has 2 aromatic rings. The second kappa shape index (κ2) is 8.38. The highest BCUT2D eigenvalue weighted by molar-refractivity contribution is 5.96. The van der Waals surface area contributed by atoms with Crippen LogP contribution in [0.3, 0.4) is 0 Å². The molecule has 0 bridgehead atoms. The Morgan fingerprint density at radius 2 is 1.64 bits per heavy atom.